The highest BCUT2D eigenvalue weighted by Crippen LogP contribution is 2.21. The average Bonchev–Trinajstić information content (AvgIpc) is 2.65. The first-order chi connectivity index (χ1) is 7.65. The van der Waals surface area contributed by atoms with Gasteiger partial charge in [0.1, 0.15) is 11.9 Å². The van der Waals surface area contributed by atoms with E-state index in [1.807, 2.05) is 0 Å². The summed E-state index contributed by atoms with van der Waals surface area (Å²) in [5, 5.41) is 0. The highest BCUT2D eigenvalue weighted by atomic mass is 16.5. The van der Waals surface area contributed by atoms with Crippen molar-refractivity contribution in [2.45, 2.75) is 32.3 Å². The Morgan fingerprint density at radius 2 is 1.94 bits per heavy atom. The topological polar surface area (TPSA) is 12.5 Å². The standard InChI is InChI=1S/C14H21NO/c1-11(2)12-4-6-13(7-5-12)16-14-8-9-15(3)10-14/h4-7,11,14H,8-10H2,1-3H3/t14-/m0/s1. The van der Waals surface area contributed by atoms with Gasteiger partial charge in [0.15, 0.2) is 0 Å². The molecule has 1 saturated heterocycles. The summed E-state index contributed by atoms with van der Waals surface area (Å²) in [6, 6.07) is 8.51. The lowest BCUT2D eigenvalue weighted by atomic mass is 10.0. The van der Waals surface area contributed by atoms with E-state index in [-0.39, 0.29) is 0 Å². The Bertz CT molecular complexity index is 331. The fourth-order valence-electron chi connectivity index (χ4n) is 2.11. The second-order valence-electron chi connectivity index (χ2n) is 5.01. The molecule has 0 N–H and O–H groups in total. The summed E-state index contributed by atoms with van der Waals surface area (Å²) in [6.45, 7) is 6.62. The Balaban J connectivity index is 1.95. The summed E-state index contributed by atoms with van der Waals surface area (Å²) in [5.74, 6) is 1.59. The van der Waals surface area contributed by atoms with Crippen molar-refractivity contribution in [2.24, 2.45) is 0 Å². The maximum absolute atomic E-state index is 5.94. The van der Waals surface area contributed by atoms with Crippen molar-refractivity contribution in [1.29, 1.82) is 0 Å². The Kier molecular flexibility index (Phi) is 3.49. The summed E-state index contributed by atoms with van der Waals surface area (Å²) < 4.78 is 5.94. The monoisotopic (exact) mass is 219 g/mol. The van der Waals surface area contributed by atoms with E-state index in [9.17, 15) is 0 Å². The molecular formula is C14H21NO. The summed E-state index contributed by atoms with van der Waals surface area (Å²) in [5.41, 5.74) is 1.37. The quantitative estimate of drug-likeness (QED) is 0.775. The van der Waals surface area contributed by atoms with E-state index in [1.165, 1.54) is 5.56 Å². The van der Waals surface area contributed by atoms with E-state index in [0.717, 1.165) is 25.3 Å². The average molecular weight is 219 g/mol. The number of hydrogen-bond acceptors (Lipinski definition) is 2. The zero-order valence-corrected chi connectivity index (χ0v) is 10.4. The van der Waals surface area contributed by atoms with Crippen molar-refractivity contribution >= 4 is 0 Å². The molecule has 0 aliphatic carbocycles. The summed E-state index contributed by atoms with van der Waals surface area (Å²) in [6.07, 6.45) is 1.51. The molecule has 1 aliphatic heterocycles. The van der Waals surface area contributed by atoms with Crippen LogP contribution in [0.1, 0.15) is 31.7 Å². The molecule has 1 fully saturated rings. The summed E-state index contributed by atoms with van der Waals surface area (Å²) in [4.78, 5) is 2.31. The third-order valence-electron chi connectivity index (χ3n) is 3.20. The molecular weight excluding hydrogens is 198 g/mol. The number of likely N-dealkylation sites (N-methyl/N-ethyl adjacent to an activating group) is 1. The fraction of sp³-hybridized carbons (Fsp3) is 0.571. The van der Waals surface area contributed by atoms with Crippen molar-refractivity contribution < 1.29 is 4.74 Å². The van der Waals surface area contributed by atoms with Gasteiger partial charge in [-0.15, -0.1) is 0 Å². The summed E-state index contributed by atoms with van der Waals surface area (Å²) in [7, 11) is 2.14. The van der Waals surface area contributed by atoms with Crippen LogP contribution in [0.25, 0.3) is 0 Å². The molecule has 1 aromatic carbocycles. The van der Waals surface area contributed by atoms with Gasteiger partial charge in [0.25, 0.3) is 0 Å². The molecule has 0 amide bonds. The van der Waals surface area contributed by atoms with Crippen LogP contribution in [-0.4, -0.2) is 31.1 Å². The predicted molar refractivity (Wildman–Crippen MR) is 67.1 cm³/mol. The van der Waals surface area contributed by atoms with E-state index >= 15 is 0 Å². The van der Waals surface area contributed by atoms with Gasteiger partial charge in [-0.1, -0.05) is 26.0 Å². The van der Waals surface area contributed by atoms with E-state index in [4.69, 9.17) is 4.74 Å². The highest BCUT2D eigenvalue weighted by molar-refractivity contribution is 5.29. The Hall–Kier alpha value is -1.02. The lowest BCUT2D eigenvalue weighted by Crippen LogP contribution is -2.21. The van der Waals surface area contributed by atoms with Gasteiger partial charge >= 0.3 is 0 Å². The molecule has 16 heavy (non-hydrogen) atoms. The molecule has 1 heterocycles. The zero-order valence-electron chi connectivity index (χ0n) is 10.4. The van der Waals surface area contributed by atoms with Gasteiger partial charge in [-0.3, -0.25) is 0 Å². The lowest BCUT2D eigenvalue weighted by Gasteiger charge is -2.14. The van der Waals surface area contributed by atoms with Crippen LogP contribution < -0.4 is 4.74 Å². The molecule has 1 aromatic rings. The van der Waals surface area contributed by atoms with Gasteiger partial charge in [0.2, 0.25) is 0 Å². The van der Waals surface area contributed by atoms with Crippen molar-refractivity contribution in [3.8, 4) is 5.75 Å². The van der Waals surface area contributed by atoms with Gasteiger partial charge in [-0.25, -0.2) is 0 Å². The number of hydrogen-bond donors (Lipinski definition) is 0. The molecule has 1 aliphatic rings. The van der Waals surface area contributed by atoms with Gasteiger partial charge in [0.05, 0.1) is 0 Å². The smallest absolute Gasteiger partial charge is 0.119 e. The first-order valence-corrected chi connectivity index (χ1v) is 6.10. The van der Waals surface area contributed by atoms with Gasteiger partial charge in [-0.2, -0.15) is 0 Å². The van der Waals surface area contributed by atoms with E-state index < -0.39 is 0 Å². The molecule has 88 valence electrons. The first-order valence-electron chi connectivity index (χ1n) is 6.10. The van der Waals surface area contributed by atoms with Crippen molar-refractivity contribution in [2.75, 3.05) is 20.1 Å². The number of nitrogens with zero attached hydrogens (tertiary/aromatic N) is 1. The largest absolute Gasteiger partial charge is 0.489 e. The first kappa shape index (κ1) is 11.5. The van der Waals surface area contributed by atoms with Gasteiger partial charge < -0.3 is 9.64 Å². The Labute approximate surface area is 98.2 Å². The Morgan fingerprint density at radius 1 is 1.25 bits per heavy atom. The van der Waals surface area contributed by atoms with E-state index in [0.29, 0.717) is 12.0 Å². The molecule has 0 saturated carbocycles. The van der Waals surface area contributed by atoms with Crippen LogP contribution in [0.2, 0.25) is 0 Å². The minimum Gasteiger partial charge on any atom is -0.489 e. The van der Waals surface area contributed by atoms with Crippen LogP contribution in [0.4, 0.5) is 0 Å². The highest BCUT2D eigenvalue weighted by Gasteiger charge is 2.20. The fourth-order valence-corrected chi connectivity index (χ4v) is 2.11. The SMILES string of the molecule is CC(C)c1ccc(O[C@H]2CCN(C)C2)cc1. The minimum atomic E-state index is 0.370. The number of rotatable bonds is 3. The number of ether oxygens (including phenoxy) is 1. The van der Waals surface area contributed by atoms with Gasteiger partial charge in [0, 0.05) is 13.1 Å². The van der Waals surface area contributed by atoms with Crippen LogP contribution >= 0.6 is 0 Å². The molecule has 2 nitrogen and oxygen atoms in total. The third-order valence-corrected chi connectivity index (χ3v) is 3.20. The van der Waals surface area contributed by atoms with Crippen molar-refractivity contribution in [3.63, 3.8) is 0 Å². The molecule has 1 atom stereocenters. The van der Waals surface area contributed by atoms with E-state index in [1.54, 1.807) is 0 Å². The molecule has 2 heteroatoms. The second-order valence-corrected chi connectivity index (χ2v) is 5.01. The van der Waals surface area contributed by atoms with Crippen molar-refractivity contribution in [3.05, 3.63) is 29.8 Å². The molecule has 0 radical (unpaired) electrons. The summed E-state index contributed by atoms with van der Waals surface area (Å²) >= 11 is 0. The molecule has 2 rings (SSSR count). The second kappa shape index (κ2) is 4.88. The molecule has 0 aromatic heterocycles. The number of likely N-dealkylation sites (tertiary alicyclic amines) is 1. The zero-order chi connectivity index (χ0) is 11.5. The van der Waals surface area contributed by atoms with Crippen LogP contribution in [0.5, 0.6) is 5.75 Å². The van der Waals surface area contributed by atoms with Crippen molar-refractivity contribution in [1.82, 2.24) is 4.90 Å². The van der Waals surface area contributed by atoms with Crippen LogP contribution in [0.15, 0.2) is 24.3 Å². The lowest BCUT2D eigenvalue weighted by molar-refractivity contribution is 0.208. The maximum Gasteiger partial charge on any atom is 0.119 e. The van der Waals surface area contributed by atoms with Crippen LogP contribution in [0, 0.1) is 0 Å². The molecule has 0 unspecified atom stereocenters. The van der Waals surface area contributed by atoms with Crippen LogP contribution in [-0.2, 0) is 0 Å². The van der Waals surface area contributed by atoms with E-state index in [2.05, 4.69) is 50.1 Å². The Morgan fingerprint density at radius 3 is 2.44 bits per heavy atom. The predicted octanol–water partition coefficient (Wildman–Crippen LogP) is 2.89. The number of benzene rings is 1. The minimum absolute atomic E-state index is 0.370. The normalized spacial score (nSPS) is 21.6. The molecule has 0 bridgehead atoms. The maximum atomic E-state index is 5.94. The third kappa shape index (κ3) is 2.76. The van der Waals surface area contributed by atoms with Gasteiger partial charge in [-0.05, 0) is 37.1 Å². The van der Waals surface area contributed by atoms with Crippen LogP contribution in [0.3, 0.4) is 0 Å². The molecule has 0 spiro atoms.